The summed E-state index contributed by atoms with van der Waals surface area (Å²) in [5.41, 5.74) is 2.67. The minimum absolute atomic E-state index is 0.713. The molecule has 0 atom stereocenters. The zero-order chi connectivity index (χ0) is 13.0. The number of hydrogen-bond acceptors (Lipinski definition) is 2. The molecule has 18 heavy (non-hydrogen) atoms. The molecule has 0 amide bonds. The fraction of sp³-hybridized carbons (Fsp3) is 0.600. The summed E-state index contributed by atoms with van der Waals surface area (Å²) in [4.78, 5) is 2.50. The van der Waals surface area contributed by atoms with E-state index in [4.69, 9.17) is 0 Å². The molecule has 1 saturated heterocycles. The predicted octanol–water partition coefficient (Wildman–Crippen LogP) is 3.73. The summed E-state index contributed by atoms with van der Waals surface area (Å²) in [5.74, 6) is 0. The van der Waals surface area contributed by atoms with Gasteiger partial charge in [0, 0.05) is 23.6 Å². The lowest BCUT2D eigenvalue weighted by molar-refractivity contribution is 0.415. The van der Waals surface area contributed by atoms with Crippen molar-refractivity contribution in [3.63, 3.8) is 0 Å². The summed E-state index contributed by atoms with van der Waals surface area (Å²) in [5, 5.41) is 3.63. The summed E-state index contributed by atoms with van der Waals surface area (Å²) in [7, 11) is 0. The van der Waals surface area contributed by atoms with Crippen molar-refractivity contribution in [1.29, 1.82) is 0 Å². The summed E-state index contributed by atoms with van der Waals surface area (Å²) in [6, 6.07) is 7.24. The predicted molar refractivity (Wildman–Crippen MR) is 82.4 cm³/mol. The molecule has 1 fully saturated rings. The Morgan fingerprint density at radius 3 is 2.72 bits per heavy atom. The molecular formula is C15H23BrN2. The van der Waals surface area contributed by atoms with Crippen LogP contribution in [0.5, 0.6) is 0 Å². The SMILES string of the molecule is CCCNC1CCN(c2cccc(C)c2Br)CC1. The van der Waals surface area contributed by atoms with Gasteiger partial charge in [0.1, 0.15) is 0 Å². The van der Waals surface area contributed by atoms with Crippen LogP contribution in [0.1, 0.15) is 31.7 Å². The van der Waals surface area contributed by atoms with E-state index in [1.807, 2.05) is 0 Å². The summed E-state index contributed by atoms with van der Waals surface area (Å²) >= 11 is 3.72. The van der Waals surface area contributed by atoms with Crippen LogP contribution in [0, 0.1) is 6.92 Å². The third kappa shape index (κ3) is 3.27. The number of aryl methyl sites for hydroxylation is 1. The van der Waals surface area contributed by atoms with Gasteiger partial charge in [-0.15, -0.1) is 0 Å². The van der Waals surface area contributed by atoms with Crippen LogP contribution in [0.25, 0.3) is 0 Å². The van der Waals surface area contributed by atoms with Gasteiger partial charge >= 0.3 is 0 Å². The Balaban J connectivity index is 1.95. The number of benzene rings is 1. The number of hydrogen-bond donors (Lipinski definition) is 1. The lowest BCUT2D eigenvalue weighted by atomic mass is 10.0. The van der Waals surface area contributed by atoms with Gasteiger partial charge in [-0.1, -0.05) is 19.1 Å². The third-order valence-corrected chi connectivity index (χ3v) is 4.72. The molecule has 0 bridgehead atoms. The summed E-state index contributed by atoms with van der Waals surface area (Å²) in [6.45, 7) is 7.85. The van der Waals surface area contributed by atoms with Crippen molar-refractivity contribution >= 4 is 21.6 Å². The lowest BCUT2D eigenvalue weighted by Crippen LogP contribution is -2.42. The second-order valence-corrected chi connectivity index (χ2v) is 5.92. The molecule has 1 aliphatic heterocycles. The van der Waals surface area contributed by atoms with Gasteiger partial charge in [-0.05, 0) is 60.3 Å². The van der Waals surface area contributed by atoms with E-state index in [0.29, 0.717) is 6.04 Å². The van der Waals surface area contributed by atoms with Crippen molar-refractivity contribution < 1.29 is 0 Å². The van der Waals surface area contributed by atoms with Crippen LogP contribution >= 0.6 is 15.9 Å². The Bertz CT molecular complexity index is 384. The first-order valence-corrected chi connectivity index (χ1v) is 7.75. The minimum Gasteiger partial charge on any atom is -0.370 e. The molecule has 0 aliphatic carbocycles. The van der Waals surface area contributed by atoms with Crippen molar-refractivity contribution in [3.05, 3.63) is 28.2 Å². The number of nitrogens with zero attached hydrogens (tertiary/aromatic N) is 1. The maximum Gasteiger partial charge on any atom is 0.0513 e. The van der Waals surface area contributed by atoms with Crippen LogP contribution in [-0.4, -0.2) is 25.7 Å². The van der Waals surface area contributed by atoms with Crippen molar-refractivity contribution in [3.8, 4) is 0 Å². The van der Waals surface area contributed by atoms with E-state index in [1.54, 1.807) is 0 Å². The van der Waals surface area contributed by atoms with Crippen molar-refractivity contribution in [2.24, 2.45) is 0 Å². The van der Waals surface area contributed by atoms with Crippen LogP contribution in [0.2, 0.25) is 0 Å². The second kappa shape index (κ2) is 6.58. The Hall–Kier alpha value is -0.540. The first-order valence-electron chi connectivity index (χ1n) is 6.95. The van der Waals surface area contributed by atoms with Gasteiger partial charge in [0.05, 0.1) is 5.69 Å². The van der Waals surface area contributed by atoms with Crippen LogP contribution in [-0.2, 0) is 0 Å². The van der Waals surface area contributed by atoms with E-state index in [1.165, 1.54) is 35.0 Å². The zero-order valence-corrected chi connectivity index (χ0v) is 13.0. The maximum absolute atomic E-state index is 3.72. The molecule has 0 radical (unpaired) electrons. The highest BCUT2D eigenvalue weighted by Crippen LogP contribution is 2.31. The molecule has 1 aliphatic rings. The quantitative estimate of drug-likeness (QED) is 0.911. The third-order valence-electron chi connectivity index (χ3n) is 3.69. The lowest BCUT2D eigenvalue weighted by Gasteiger charge is -2.34. The van der Waals surface area contributed by atoms with E-state index in [0.717, 1.165) is 19.6 Å². The highest BCUT2D eigenvalue weighted by Gasteiger charge is 2.20. The Morgan fingerprint density at radius 1 is 1.33 bits per heavy atom. The number of halogens is 1. The van der Waals surface area contributed by atoms with E-state index in [2.05, 4.69) is 58.2 Å². The molecule has 2 nitrogen and oxygen atoms in total. The van der Waals surface area contributed by atoms with Gasteiger partial charge in [-0.3, -0.25) is 0 Å². The monoisotopic (exact) mass is 310 g/mol. The van der Waals surface area contributed by atoms with Gasteiger partial charge < -0.3 is 10.2 Å². The average Bonchev–Trinajstić information content (AvgIpc) is 2.40. The van der Waals surface area contributed by atoms with Gasteiger partial charge in [-0.25, -0.2) is 0 Å². The molecule has 1 heterocycles. The Labute approximate surface area is 119 Å². The topological polar surface area (TPSA) is 15.3 Å². The molecule has 0 spiro atoms. The van der Waals surface area contributed by atoms with Crippen LogP contribution in [0.15, 0.2) is 22.7 Å². The van der Waals surface area contributed by atoms with E-state index in [9.17, 15) is 0 Å². The van der Waals surface area contributed by atoms with Crippen LogP contribution in [0.4, 0.5) is 5.69 Å². The van der Waals surface area contributed by atoms with Crippen molar-refractivity contribution in [2.45, 2.75) is 39.2 Å². The van der Waals surface area contributed by atoms with E-state index < -0.39 is 0 Å². The number of piperidine rings is 1. The van der Waals surface area contributed by atoms with Gasteiger partial charge in [0.15, 0.2) is 0 Å². The van der Waals surface area contributed by atoms with E-state index in [-0.39, 0.29) is 0 Å². The first-order chi connectivity index (χ1) is 8.72. The molecule has 1 aromatic carbocycles. The molecule has 1 aromatic rings. The van der Waals surface area contributed by atoms with Crippen molar-refractivity contribution in [2.75, 3.05) is 24.5 Å². The van der Waals surface area contributed by atoms with Gasteiger partial charge in [0.2, 0.25) is 0 Å². The Morgan fingerprint density at radius 2 is 2.06 bits per heavy atom. The van der Waals surface area contributed by atoms with Crippen LogP contribution < -0.4 is 10.2 Å². The normalized spacial score (nSPS) is 17.2. The zero-order valence-electron chi connectivity index (χ0n) is 11.4. The molecular weight excluding hydrogens is 288 g/mol. The molecule has 0 unspecified atom stereocenters. The highest BCUT2D eigenvalue weighted by molar-refractivity contribution is 9.10. The van der Waals surface area contributed by atoms with E-state index >= 15 is 0 Å². The molecule has 0 saturated carbocycles. The molecule has 2 rings (SSSR count). The minimum atomic E-state index is 0.713. The van der Waals surface area contributed by atoms with Crippen LogP contribution in [0.3, 0.4) is 0 Å². The molecule has 0 aromatic heterocycles. The fourth-order valence-corrected chi connectivity index (χ4v) is 3.06. The van der Waals surface area contributed by atoms with Gasteiger partial charge in [-0.2, -0.15) is 0 Å². The molecule has 1 N–H and O–H groups in total. The number of rotatable bonds is 4. The molecule has 3 heteroatoms. The number of nitrogens with one attached hydrogen (secondary N) is 1. The maximum atomic E-state index is 3.72. The highest BCUT2D eigenvalue weighted by atomic mass is 79.9. The largest absolute Gasteiger partial charge is 0.370 e. The smallest absolute Gasteiger partial charge is 0.0513 e. The number of anilines is 1. The summed E-state index contributed by atoms with van der Waals surface area (Å²) < 4.78 is 1.25. The van der Waals surface area contributed by atoms with Gasteiger partial charge in [0.25, 0.3) is 0 Å². The Kier molecular flexibility index (Phi) is 5.07. The molecule has 100 valence electrons. The van der Waals surface area contributed by atoms with Crippen molar-refractivity contribution in [1.82, 2.24) is 5.32 Å². The summed E-state index contributed by atoms with van der Waals surface area (Å²) in [6.07, 6.45) is 3.73. The first kappa shape index (κ1) is 13.9. The second-order valence-electron chi connectivity index (χ2n) is 5.12. The standard InChI is InChI=1S/C15H23BrN2/c1-3-9-17-13-7-10-18(11-8-13)14-6-4-5-12(2)15(14)16/h4-6,13,17H,3,7-11H2,1-2H3. The average molecular weight is 311 g/mol. The fourth-order valence-electron chi connectivity index (χ4n) is 2.55.